The number of hydrogen-bond donors (Lipinski definition) is 2. The molecule has 0 fully saturated rings. The molecule has 0 aliphatic rings. The zero-order valence-corrected chi connectivity index (χ0v) is 11.2. The molecule has 1 aromatic rings. The van der Waals surface area contributed by atoms with Gasteiger partial charge in [0.1, 0.15) is 0 Å². The first-order valence-corrected chi connectivity index (χ1v) is 8.84. The van der Waals surface area contributed by atoms with Gasteiger partial charge in [-0.3, -0.25) is 0 Å². The molecule has 0 saturated carbocycles. The van der Waals surface area contributed by atoms with E-state index < -0.39 is 8.32 Å². The average Bonchev–Trinajstić information content (AvgIpc) is 2.28. The monoisotopic (exact) mass is 238 g/mol. The van der Waals surface area contributed by atoms with Crippen molar-refractivity contribution >= 4 is 8.32 Å². The third kappa shape index (κ3) is 5.41. The largest absolute Gasteiger partial charge is 0.412 e. The van der Waals surface area contributed by atoms with Crippen molar-refractivity contribution in [2.75, 3.05) is 19.3 Å². The highest BCUT2D eigenvalue weighted by Gasteiger charge is 2.21. The fraction of sp³-hybridized carbons (Fsp3) is 0.500. The SMILES string of the molecule is C[Si](C)(CNCCN)OCc1ccccc1. The Labute approximate surface area is 99.1 Å². The second-order valence-corrected chi connectivity index (χ2v) is 8.66. The number of rotatable bonds is 7. The van der Waals surface area contributed by atoms with Crippen molar-refractivity contribution < 1.29 is 4.43 Å². The summed E-state index contributed by atoms with van der Waals surface area (Å²) in [6.07, 6.45) is 0.955. The lowest BCUT2D eigenvalue weighted by atomic mass is 10.2. The van der Waals surface area contributed by atoms with Gasteiger partial charge >= 0.3 is 0 Å². The van der Waals surface area contributed by atoms with Gasteiger partial charge in [-0.15, -0.1) is 0 Å². The predicted octanol–water partition coefficient (Wildman–Crippen LogP) is 1.50. The summed E-state index contributed by atoms with van der Waals surface area (Å²) < 4.78 is 6.00. The molecule has 0 heterocycles. The third-order valence-electron chi connectivity index (χ3n) is 2.34. The maximum Gasteiger partial charge on any atom is 0.200 e. The normalized spacial score (nSPS) is 11.7. The molecule has 0 radical (unpaired) electrons. The summed E-state index contributed by atoms with van der Waals surface area (Å²) >= 11 is 0. The Morgan fingerprint density at radius 1 is 1.25 bits per heavy atom. The molecule has 1 rings (SSSR count). The van der Waals surface area contributed by atoms with Gasteiger partial charge in [-0.1, -0.05) is 30.3 Å². The van der Waals surface area contributed by atoms with Gasteiger partial charge in [0, 0.05) is 19.3 Å². The topological polar surface area (TPSA) is 47.3 Å². The highest BCUT2D eigenvalue weighted by Crippen LogP contribution is 2.08. The van der Waals surface area contributed by atoms with Crippen molar-refractivity contribution in [1.29, 1.82) is 0 Å². The maximum absolute atomic E-state index is 6.00. The molecule has 0 unspecified atom stereocenters. The third-order valence-corrected chi connectivity index (χ3v) is 4.37. The molecule has 1 aromatic carbocycles. The maximum atomic E-state index is 6.00. The van der Waals surface area contributed by atoms with E-state index in [1.165, 1.54) is 5.56 Å². The summed E-state index contributed by atoms with van der Waals surface area (Å²) in [5.41, 5.74) is 6.67. The van der Waals surface area contributed by atoms with E-state index in [-0.39, 0.29) is 0 Å². The molecule has 4 heteroatoms. The van der Waals surface area contributed by atoms with Crippen LogP contribution in [-0.4, -0.2) is 27.6 Å². The summed E-state index contributed by atoms with van der Waals surface area (Å²) in [5, 5.41) is 3.32. The van der Waals surface area contributed by atoms with Gasteiger partial charge in [-0.25, -0.2) is 0 Å². The van der Waals surface area contributed by atoms with Crippen molar-refractivity contribution in [3.05, 3.63) is 35.9 Å². The molecule has 0 aliphatic carbocycles. The van der Waals surface area contributed by atoms with E-state index in [0.29, 0.717) is 13.2 Å². The Kier molecular flexibility index (Phi) is 5.69. The number of nitrogens with two attached hydrogens (primary N) is 1. The summed E-state index contributed by atoms with van der Waals surface area (Å²) in [6, 6.07) is 10.3. The average molecular weight is 238 g/mol. The van der Waals surface area contributed by atoms with Gasteiger partial charge in [0.05, 0.1) is 6.61 Å². The van der Waals surface area contributed by atoms with Crippen LogP contribution in [0.25, 0.3) is 0 Å². The zero-order valence-electron chi connectivity index (χ0n) is 10.2. The number of benzene rings is 1. The van der Waals surface area contributed by atoms with Crippen LogP contribution in [0, 0.1) is 0 Å². The van der Waals surface area contributed by atoms with Crippen molar-refractivity contribution in [1.82, 2.24) is 5.32 Å². The smallest absolute Gasteiger partial charge is 0.200 e. The summed E-state index contributed by atoms with van der Waals surface area (Å²) in [5.74, 6) is 0. The first kappa shape index (κ1) is 13.4. The van der Waals surface area contributed by atoms with Gasteiger partial charge in [-0.05, 0) is 18.7 Å². The zero-order chi connectivity index (χ0) is 11.9. The van der Waals surface area contributed by atoms with E-state index in [1.807, 2.05) is 18.2 Å². The minimum Gasteiger partial charge on any atom is -0.412 e. The van der Waals surface area contributed by atoms with Crippen LogP contribution < -0.4 is 11.1 Å². The standard InChI is InChI=1S/C12H22N2OSi/c1-16(2,11-14-9-8-13)15-10-12-6-4-3-5-7-12/h3-7,14H,8-11,13H2,1-2H3. The van der Waals surface area contributed by atoms with E-state index >= 15 is 0 Å². The van der Waals surface area contributed by atoms with Gasteiger partial charge in [0.15, 0.2) is 0 Å². The Morgan fingerprint density at radius 2 is 1.94 bits per heavy atom. The van der Waals surface area contributed by atoms with E-state index in [9.17, 15) is 0 Å². The molecule has 0 amide bonds. The van der Waals surface area contributed by atoms with Gasteiger partial charge in [-0.2, -0.15) is 0 Å². The molecular weight excluding hydrogens is 216 g/mol. The number of hydrogen-bond acceptors (Lipinski definition) is 3. The van der Waals surface area contributed by atoms with Crippen LogP contribution in [0.5, 0.6) is 0 Å². The second kappa shape index (κ2) is 6.80. The fourth-order valence-electron chi connectivity index (χ4n) is 1.40. The lowest BCUT2D eigenvalue weighted by Crippen LogP contribution is -2.44. The molecule has 0 aliphatic heterocycles. The molecule has 3 N–H and O–H groups in total. The van der Waals surface area contributed by atoms with Crippen molar-refractivity contribution in [3.63, 3.8) is 0 Å². The van der Waals surface area contributed by atoms with Crippen LogP contribution in [0.3, 0.4) is 0 Å². The van der Waals surface area contributed by atoms with Crippen molar-refractivity contribution in [3.8, 4) is 0 Å². The minimum absolute atomic E-state index is 0.684. The van der Waals surface area contributed by atoms with Gasteiger partial charge < -0.3 is 15.5 Å². The first-order chi connectivity index (χ1) is 7.64. The second-order valence-electron chi connectivity index (χ2n) is 4.50. The summed E-state index contributed by atoms with van der Waals surface area (Å²) in [7, 11) is -1.59. The molecule has 0 saturated heterocycles. The highest BCUT2D eigenvalue weighted by molar-refractivity contribution is 6.71. The van der Waals surface area contributed by atoms with Crippen molar-refractivity contribution in [2.24, 2.45) is 5.73 Å². The predicted molar refractivity (Wildman–Crippen MR) is 70.6 cm³/mol. The summed E-state index contributed by atoms with van der Waals surface area (Å²) in [4.78, 5) is 0. The van der Waals surface area contributed by atoms with Crippen molar-refractivity contribution in [2.45, 2.75) is 19.7 Å². The van der Waals surface area contributed by atoms with Crippen LogP contribution in [0.1, 0.15) is 5.56 Å². The van der Waals surface area contributed by atoms with E-state index in [4.69, 9.17) is 10.2 Å². The summed E-state index contributed by atoms with van der Waals surface area (Å²) in [6.45, 7) is 6.71. The fourth-order valence-corrected chi connectivity index (χ4v) is 2.83. The molecule has 3 nitrogen and oxygen atoms in total. The quantitative estimate of drug-likeness (QED) is 0.559. The lowest BCUT2D eigenvalue weighted by Gasteiger charge is -2.23. The Balaban J connectivity index is 2.30. The molecular formula is C12H22N2OSi. The molecule has 0 aromatic heterocycles. The molecule has 0 bridgehead atoms. The first-order valence-electron chi connectivity index (χ1n) is 5.73. The van der Waals surface area contributed by atoms with E-state index in [1.54, 1.807) is 0 Å². The molecule has 0 atom stereocenters. The van der Waals surface area contributed by atoms with Crippen LogP contribution in [0.2, 0.25) is 13.1 Å². The molecule has 0 spiro atoms. The number of nitrogens with one attached hydrogen (secondary N) is 1. The Morgan fingerprint density at radius 3 is 2.56 bits per heavy atom. The van der Waals surface area contributed by atoms with E-state index in [2.05, 4.69) is 30.5 Å². The Hall–Kier alpha value is -0.683. The van der Waals surface area contributed by atoms with Gasteiger partial charge in [0.2, 0.25) is 8.32 Å². The molecule has 16 heavy (non-hydrogen) atoms. The Bertz CT molecular complexity index is 290. The highest BCUT2D eigenvalue weighted by atomic mass is 28.4. The van der Waals surface area contributed by atoms with Crippen LogP contribution >= 0.6 is 0 Å². The van der Waals surface area contributed by atoms with Crippen LogP contribution in [0.4, 0.5) is 0 Å². The molecule has 90 valence electrons. The minimum atomic E-state index is -1.59. The van der Waals surface area contributed by atoms with E-state index in [0.717, 1.165) is 12.7 Å². The lowest BCUT2D eigenvalue weighted by molar-refractivity contribution is 0.293. The van der Waals surface area contributed by atoms with Gasteiger partial charge in [0.25, 0.3) is 0 Å². The van der Waals surface area contributed by atoms with Crippen LogP contribution in [-0.2, 0) is 11.0 Å². The van der Waals surface area contributed by atoms with Crippen LogP contribution in [0.15, 0.2) is 30.3 Å².